The molecule has 2 rings (SSSR count). The number of ether oxygens (including phenoxy) is 1. The van der Waals surface area contributed by atoms with Crippen LogP contribution in [0.25, 0.3) is 0 Å². The lowest BCUT2D eigenvalue weighted by Gasteiger charge is -2.17. The molecule has 1 aromatic carbocycles. The molecule has 110 valence electrons. The first kappa shape index (κ1) is 15.3. The highest BCUT2D eigenvalue weighted by atomic mass is 35.5. The average molecular weight is 309 g/mol. The Bertz CT molecular complexity index is 637. The van der Waals surface area contributed by atoms with Crippen LogP contribution in [-0.2, 0) is 0 Å². The average Bonchev–Trinajstić information content (AvgIpc) is 2.49. The SMILES string of the molecule is CN(CCOc1ccccc1Cl)C(=O)c1cccnc1F. The Kier molecular flexibility index (Phi) is 5.11. The van der Waals surface area contributed by atoms with Gasteiger partial charge in [0.05, 0.1) is 17.1 Å². The summed E-state index contributed by atoms with van der Waals surface area (Å²) in [6.45, 7) is 0.562. The topological polar surface area (TPSA) is 42.4 Å². The third-order valence-electron chi connectivity index (χ3n) is 2.86. The molecule has 0 unspecified atom stereocenters. The molecular formula is C15H14ClFN2O2. The zero-order chi connectivity index (χ0) is 15.2. The van der Waals surface area contributed by atoms with Crippen LogP contribution in [0, 0.1) is 5.95 Å². The van der Waals surface area contributed by atoms with Crippen molar-refractivity contribution < 1.29 is 13.9 Å². The second-order valence-electron chi connectivity index (χ2n) is 4.35. The highest BCUT2D eigenvalue weighted by Gasteiger charge is 2.16. The Balaban J connectivity index is 1.90. The van der Waals surface area contributed by atoms with Crippen molar-refractivity contribution in [3.63, 3.8) is 0 Å². The van der Waals surface area contributed by atoms with Crippen molar-refractivity contribution in [3.8, 4) is 5.75 Å². The standard InChI is InChI=1S/C15H14ClFN2O2/c1-19(15(20)11-5-4-8-18-14(11)17)9-10-21-13-7-3-2-6-12(13)16/h2-8H,9-10H2,1H3. The van der Waals surface area contributed by atoms with Crippen LogP contribution in [0.2, 0.25) is 5.02 Å². The van der Waals surface area contributed by atoms with Gasteiger partial charge in [-0.3, -0.25) is 4.79 Å². The van der Waals surface area contributed by atoms with E-state index in [2.05, 4.69) is 4.98 Å². The molecule has 6 heteroatoms. The summed E-state index contributed by atoms with van der Waals surface area (Å²) >= 11 is 5.96. The van der Waals surface area contributed by atoms with Crippen LogP contribution in [0.4, 0.5) is 4.39 Å². The summed E-state index contributed by atoms with van der Waals surface area (Å²) in [7, 11) is 1.57. The minimum atomic E-state index is -0.777. The highest BCUT2D eigenvalue weighted by molar-refractivity contribution is 6.32. The van der Waals surface area contributed by atoms with E-state index in [0.717, 1.165) is 0 Å². The number of carbonyl (C=O) groups is 1. The molecule has 0 spiro atoms. The normalized spacial score (nSPS) is 10.2. The van der Waals surface area contributed by atoms with E-state index in [9.17, 15) is 9.18 Å². The zero-order valence-electron chi connectivity index (χ0n) is 11.4. The van der Waals surface area contributed by atoms with E-state index in [4.69, 9.17) is 16.3 Å². The molecule has 0 N–H and O–H groups in total. The second-order valence-corrected chi connectivity index (χ2v) is 4.75. The number of carbonyl (C=O) groups excluding carboxylic acids is 1. The number of hydrogen-bond donors (Lipinski definition) is 0. The number of benzene rings is 1. The van der Waals surface area contributed by atoms with Crippen molar-refractivity contribution in [1.82, 2.24) is 9.88 Å². The first-order chi connectivity index (χ1) is 10.1. The van der Waals surface area contributed by atoms with Gasteiger partial charge in [-0.1, -0.05) is 23.7 Å². The molecule has 1 heterocycles. The quantitative estimate of drug-likeness (QED) is 0.797. The van der Waals surface area contributed by atoms with E-state index >= 15 is 0 Å². The lowest BCUT2D eigenvalue weighted by molar-refractivity contribution is 0.0768. The highest BCUT2D eigenvalue weighted by Crippen LogP contribution is 2.22. The largest absolute Gasteiger partial charge is 0.490 e. The number of pyridine rings is 1. The van der Waals surface area contributed by atoms with E-state index in [1.54, 1.807) is 31.3 Å². The van der Waals surface area contributed by atoms with Crippen molar-refractivity contribution in [1.29, 1.82) is 0 Å². The monoisotopic (exact) mass is 308 g/mol. The number of nitrogens with zero attached hydrogens (tertiary/aromatic N) is 2. The summed E-state index contributed by atoms with van der Waals surface area (Å²) in [5, 5.41) is 0.504. The van der Waals surface area contributed by atoms with Gasteiger partial charge in [0.25, 0.3) is 5.91 Å². The van der Waals surface area contributed by atoms with Crippen molar-refractivity contribution >= 4 is 17.5 Å². The van der Waals surface area contributed by atoms with Gasteiger partial charge >= 0.3 is 0 Å². The molecule has 0 atom stereocenters. The number of aromatic nitrogens is 1. The summed E-state index contributed by atoms with van der Waals surface area (Å²) in [5.41, 5.74) is -0.0576. The molecule has 1 aromatic heterocycles. The van der Waals surface area contributed by atoms with Gasteiger partial charge in [-0.15, -0.1) is 0 Å². The molecule has 0 saturated heterocycles. The van der Waals surface area contributed by atoms with Gasteiger partial charge in [0.15, 0.2) is 0 Å². The van der Waals surface area contributed by atoms with Crippen LogP contribution >= 0.6 is 11.6 Å². The number of halogens is 2. The Morgan fingerprint density at radius 3 is 2.81 bits per heavy atom. The van der Waals surface area contributed by atoms with Crippen LogP contribution < -0.4 is 4.74 Å². The Labute approximate surface area is 127 Å². The maximum absolute atomic E-state index is 13.4. The number of hydrogen-bond acceptors (Lipinski definition) is 3. The van der Waals surface area contributed by atoms with Crippen molar-refractivity contribution in [2.75, 3.05) is 20.2 Å². The minimum absolute atomic E-state index is 0.0576. The molecule has 0 bridgehead atoms. The summed E-state index contributed by atoms with van der Waals surface area (Å²) in [5.74, 6) is -0.669. The molecule has 0 aliphatic heterocycles. The van der Waals surface area contributed by atoms with Crippen LogP contribution in [0.15, 0.2) is 42.6 Å². The van der Waals surface area contributed by atoms with E-state index in [1.165, 1.54) is 23.2 Å². The molecule has 1 amide bonds. The Morgan fingerprint density at radius 1 is 1.33 bits per heavy atom. The van der Waals surface area contributed by atoms with Gasteiger partial charge in [-0.05, 0) is 24.3 Å². The fourth-order valence-corrected chi connectivity index (χ4v) is 1.90. The predicted octanol–water partition coefficient (Wildman–Crippen LogP) is 3.03. The maximum atomic E-state index is 13.4. The first-order valence-corrected chi connectivity index (χ1v) is 6.70. The number of likely N-dealkylation sites (N-methyl/N-ethyl adjacent to an activating group) is 1. The molecular weight excluding hydrogens is 295 g/mol. The smallest absolute Gasteiger partial charge is 0.258 e. The van der Waals surface area contributed by atoms with E-state index < -0.39 is 11.9 Å². The number of para-hydroxylation sites is 1. The lowest BCUT2D eigenvalue weighted by Crippen LogP contribution is -2.31. The molecule has 0 aliphatic rings. The minimum Gasteiger partial charge on any atom is -0.490 e. The van der Waals surface area contributed by atoms with Gasteiger partial charge in [0.1, 0.15) is 12.4 Å². The lowest BCUT2D eigenvalue weighted by atomic mass is 10.2. The molecule has 0 saturated carbocycles. The number of rotatable bonds is 5. The summed E-state index contributed by atoms with van der Waals surface area (Å²) in [6, 6.07) is 9.99. The van der Waals surface area contributed by atoms with Gasteiger partial charge < -0.3 is 9.64 Å². The number of amides is 1. The van der Waals surface area contributed by atoms with Crippen LogP contribution in [0.3, 0.4) is 0 Å². The maximum Gasteiger partial charge on any atom is 0.258 e. The molecule has 0 radical (unpaired) electrons. The van der Waals surface area contributed by atoms with Gasteiger partial charge in [-0.25, -0.2) is 4.98 Å². The molecule has 2 aromatic rings. The predicted molar refractivity (Wildman–Crippen MR) is 78.1 cm³/mol. The third-order valence-corrected chi connectivity index (χ3v) is 3.17. The fourth-order valence-electron chi connectivity index (χ4n) is 1.71. The van der Waals surface area contributed by atoms with Crippen LogP contribution in [0.5, 0.6) is 5.75 Å². The Morgan fingerprint density at radius 2 is 2.10 bits per heavy atom. The summed E-state index contributed by atoms with van der Waals surface area (Å²) in [4.78, 5) is 16.9. The molecule has 0 fully saturated rings. The van der Waals surface area contributed by atoms with Gasteiger partial charge in [-0.2, -0.15) is 4.39 Å². The van der Waals surface area contributed by atoms with Crippen molar-refractivity contribution in [2.45, 2.75) is 0 Å². The fraction of sp³-hybridized carbons (Fsp3) is 0.200. The summed E-state index contributed by atoms with van der Waals surface area (Å²) in [6.07, 6.45) is 1.30. The third kappa shape index (κ3) is 3.92. The Hall–Kier alpha value is -2.14. The van der Waals surface area contributed by atoms with Crippen LogP contribution in [-0.4, -0.2) is 36.0 Å². The van der Waals surface area contributed by atoms with Crippen LogP contribution in [0.1, 0.15) is 10.4 Å². The van der Waals surface area contributed by atoms with Gasteiger partial charge in [0.2, 0.25) is 5.95 Å². The second kappa shape index (κ2) is 7.04. The molecule has 0 aliphatic carbocycles. The summed E-state index contributed by atoms with van der Waals surface area (Å²) < 4.78 is 18.9. The first-order valence-electron chi connectivity index (χ1n) is 6.33. The van der Waals surface area contributed by atoms with E-state index in [0.29, 0.717) is 17.3 Å². The molecule has 4 nitrogen and oxygen atoms in total. The van der Waals surface area contributed by atoms with Gasteiger partial charge in [0, 0.05) is 13.2 Å². The van der Waals surface area contributed by atoms with E-state index in [-0.39, 0.29) is 12.2 Å². The van der Waals surface area contributed by atoms with Crippen molar-refractivity contribution in [3.05, 3.63) is 59.1 Å². The van der Waals surface area contributed by atoms with Crippen molar-refractivity contribution in [2.24, 2.45) is 0 Å². The van der Waals surface area contributed by atoms with E-state index in [1.807, 2.05) is 0 Å². The zero-order valence-corrected chi connectivity index (χ0v) is 12.2. The molecule has 21 heavy (non-hydrogen) atoms.